The van der Waals surface area contributed by atoms with Crippen molar-refractivity contribution in [1.82, 2.24) is 5.32 Å². The fraction of sp³-hybridized carbons (Fsp3) is 0.412. The number of hydrogen-bond donors (Lipinski definition) is 1. The summed E-state index contributed by atoms with van der Waals surface area (Å²) in [5.74, 6) is 2.87. The first-order valence-corrected chi connectivity index (χ1v) is 7.24. The largest absolute Gasteiger partial charge is 0.497 e. The van der Waals surface area contributed by atoms with Crippen LogP contribution in [-0.4, -0.2) is 13.7 Å². The molecule has 0 spiro atoms. The van der Waals surface area contributed by atoms with Crippen LogP contribution in [0.4, 0.5) is 0 Å². The topological polar surface area (TPSA) is 34.4 Å². The molecule has 0 saturated carbocycles. The highest BCUT2D eigenvalue weighted by Crippen LogP contribution is 2.26. The minimum atomic E-state index is 0.0983. The Kier molecular flexibility index (Phi) is 5.24. The van der Waals surface area contributed by atoms with Gasteiger partial charge in [-0.25, -0.2) is 0 Å². The normalized spacial score (nSPS) is 12.3. The molecule has 0 aliphatic heterocycles. The van der Waals surface area contributed by atoms with Gasteiger partial charge in [-0.2, -0.15) is 0 Å². The van der Waals surface area contributed by atoms with Crippen LogP contribution in [-0.2, 0) is 6.42 Å². The molecule has 0 aliphatic carbocycles. The molecule has 0 fully saturated rings. The third-order valence-corrected chi connectivity index (χ3v) is 3.36. The maximum absolute atomic E-state index is 5.91. The average molecular weight is 273 g/mol. The number of benzene rings is 1. The molecule has 1 unspecified atom stereocenters. The van der Waals surface area contributed by atoms with E-state index in [1.165, 1.54) is 5.56 Å². The zero-order valence-electron chi connectivity index (χ0n) is 12.5. The van der Waals surface area contributed by atoms with Gasteiger partial charge in [-0.05, 0) is 42.8 Å². The van der Waals surface area contributed by atoms with Crippen molar-refractivity contribution in [2.24, 2.45) is 0 Å². The summed E-state index contributed by atoms with van der Waals surface area (Å²) in [7, 11) is 1.68. The average Bonchev–Trinajstić information content (AvgIpc) is 2.97. The van der Waals surface area contributed by atoms with Crippen molar-refractivity contribution in [2.75, 3.05) is 13.7 Å². The first-order valence-electron chi connectivity index (χ1n) is 7.24. The first-order chi connectivity index (χ1) is 9.78. The lowest BCUT2D eigenvalue weighted by Gasteiger charge is -2.17. The highest BCUT2D eigenvalue weighted by molar-refractivity contribution is 5.33. The Morgan fingerprint density at radius 2 is 1.85 bits per heavy atom. The molecule has 108 valence electrons. The second-order valence-corrected chi connectivity index (χ2v) is 4.82. The molecular weight excluding hydrogens is 250 g/mol. The lowest BCUT2D eigenvalue weighted by Crippen LogP contribution is -2.22. The number of rotatable bonds is 7. The minimum Gasteiger partial charge on any atom is -0.497 e. The van der Waals surface area contributed by atoms with Crippen LogP contribution in [0.3, 0.4) is 0 Å². The number of ether oxygens (including phenoxy) is 1. The molecule has 0 saturated heterocycles. The van der Waals surface area contributed by atoms with Gasteiger partial charge in [-0.15, -0.1) is 0 Å². The van der Waals surface area contributed by atoms with Crippen LogP contribution in [0.15, 0.2) is 40.8 Å². The third kappa shape index (κ3) is 3.42. The van der Waals surface area contributed by atoms with Crippen molar-refractivity contribution in [3.05, 3.63) is 53.5 Å². The Balaban J connectivity index is 2.25. The van der Waals surface area contributed by atoms with E-state index in [0.29, 0.717) is 0 Å². The summed E-state index contributed by atoms with van der Waals surface area (Å²) in [6, 6.07) is 12.4. The van der Waals surface area contributed by atoms with Crippen molar-refractivity contribution in [2.45, 2.75) is 32.7 Å². The van der Waals surface area contributed by atoms with Crippen molar-refractivity contribution >= 4 is 0 Å². The molecule has 0 aliphatic rings. The van der Waals surface area contributed by atoms with Gasteiger partial charge < -0.3 is 14.5 Å². The zero-order chi connectivity index (χ0) is 14.4. The van der Waals surface area contributed by atoms with E-state index in [9.17, 15) is 0 Å². The summed E-state index contributed by atoms with van der Waals surface area (Å²) >= 11 is 0. The van der Waals surface area contributed by atoms with E-state index in [4.69, 9.17) is 9.15 Å². The van der Waals surface area contributed by atoms with Crippen molar-refractivity contribution in [3.63, 3.8) is 0 Å². The lowest BCUT2D eigenvalue weighted by molar-refractivity contribution is 0.411. The molecule has 1 atom stereocenters. The summed E-state index contributed by atoms with van der Waals surface area (Å²) in [5, 5.41) is 3.54. The predicted molar refractivity (Wildman–Crippen MR) is 81.2 cm³/mol. The standard InChI is InChI=1S/C17H23NO2/c1-4-12-18-17(16-11-10-14(5-2)20-16)13-6-8-15(19-3)9-7-13/h6-11,17-18H,4-5,12H2,1-3H3. The van der Waals surface area contributed by atoms with E-state index < -0.39 is 0 Å². The summed E-state index contributed by atoms with van der Waals surface area (Å²) in [6.07, 6.45) is 2.01. The highest BCUT2D eigenvalue weighted by Gasteiger charge is 2.17. The van der Waals surface area contributed by atoms with E-state index in [-0.39, 0.29) is 6.04 Å². The molecule has 2 rings (SSSR count). The van der Waals surface area contributed by atoms with Crippen molar-refractivity contribution in [1.29, 1.82) is 0 Å². The molecule has 1 heterocycles. The molecule has 0 bridgehead atoms. The molecule has 1 aromatic heterocycles. The smallest absolute Gasteiger partial charge is 0.125 e. The van der Waals surface area contributed by atoms with Crippen LogP contribution >= 0.6 is 0 Å². The summed E-state index contributed by atoms with van der Waals surface area (Å²) in [4.78, 5) is 0. The maximum atomic E-state index is 5.91. The monoisotopic (exact) mass is 273 g/mol. The Morgan fingerprint density at radius 1 is 1.10 bits per heavy atom. The Morgan fingerprint density at radius 3 is 2.40 bits per heavy atom. The number of nitrogens with one attached hydrogen (secondary N) is 1. The highest BCUT2D eigenvalue weighted by atomic mass is 16.5. The summed E-state index contributed by atoms with van der Waals surface area (Å²) in [6.45, 7) is 5.22. The van der Waals surface area contributed by atoms with E-state index >= 15 is 0 Å². The van der Waals surface area contributed by atoms with Gasteiger partial charge >= 0.3 is 0 Å². The van der Waals surface area contributed by atoms with Gasteiger partial charge in [0, 0.05) is 6.42 Å². The molecule has 3 heteroatoms. The van der Waals surface area contributed by atoms with Crippen LogP contribution in [0.5, 0.6) is 5.75 Å². The van der Waals surface area contributed by atoms with Gasteiger partial charge in [0.1, 0.15) is 17.3 Å². The van der Waals surface area contributed by atoms with Crippen molar-refractivity contribution < 1.29 is 9.15 Å². The van der Waals surface area contributed by atoms with Gasteiger partial charge in [-0.1, -0.05) is 26.0 Å². The van der Waals surface area contributed by atoms with E-state index in [2.05, 4.69) is 43.4 Å². The quantitative estimate of drug-likeness (QED) is 0.829. The van der Waals surface area contributed by atoms with Crippen LogP contribution in [0.25, 0.3) is 0 Å². The third-order valence-electron chi connectivity index (χ3n) is 3.36. The number of methoxy groups -OCH3 is 1. The van der Waals surface area contributed by atoms with Crippen LogP contribution in [0, 0.1) is 0 Å². The van der Waals surface area contributed by atoms with Gasteiger partial charge in [-0.3, -0.25) is 0 Å². The second kappa shape index (κ2) is 7.15. The van der Waals surface area contributed by atoms with Gasteiger partial charge in [0.2, 0.25) is 0 Å². The SMILES string of the molecule is CCCNC(c1ccc(OC)cc1)c1ccc(CC)o1. The second-order valence-electron chi connectivity index (χ2n) is 4.82. The van der Waals surface area contributed by atoms with Gasteiger partial charge in [0.15, 0.2) is 0 Å². The lowest BCUT2D eigenvalue weighted by atomic mass is 10.0. The molecule has 0 radical (unpaired) electrons. The Labute approximate surface area is 121 Å². The number of furan rings is 1. The Bertz CT molecular complexity index is 516. The molecule has 3 nitrogen and oxygen atoms in total. The predicted octanol–water partition coefficient (Wildman–Crippen LogP) is 3.94. The fourth-order valence-electron chi connectivity index (χ4n) is 2.21. The van der Waals surface area contributed by atoms with Crippen molar-refractivity contribution in [3.8, 4) is 5.75 Å². The maximum Gasteiger partial charge on any atom is 0.125 e. The molecular formula is C17H23NO2. The van der Waals surface area contributed by atoms with Crippen LogP contribution < -0.4 is 10.1 Å². The fourth-order valence-corrected chi connectivity index (χ4v) is 2.21. The summed E-state index contributed by atoms with van der Waals surface area (Å²) in [5.41, 5.74) is 1.19. The molecule has 1 aromatic carbocycles. The zero-order valence-corrected chi connectivity index (χ0v) is 12.5. The van der Waals surface area contributed by atoms with E-state index in [1.807, 2.05) is 12.1 Å². The molecule has 1 N–H and O–H groups in total. The minimum absolute atomic E-state index is 0.0983. The molecule has 2 aromatic rings. The number of hydrogen-bond acceptors (Lipinski definition) is 3. The summed E-state index contributed by atoms with van der Waals surface area (Å²) < 4.78 is 11.1. The Hall–Kier alpha value is -1.74. The van der Waals surface area contributed by atoms with E-state index in [0.717, 1.165) is 36.7 Å². The van der Waals surface area contributed by atoms with E-state index in [1.54, 1.807) is 7.11 Å². The number of aryl methyl sites for hydroxylation is 1. The first kappa shape index (κ1) is 14.7. The van der Waals surface area contributed by atoms with Crippen LogP contribution in [0.1, 0.15) is 43.4 Å². The van der Waals surface area contributed by atoms with Gasteiger partial charge in [0.25, 0.3) is 0 Å². The van der Waals surface area contributed by atoms with Gasteiger partial charge in [0.05, 0.1) is 13.2 Å². The molecule has 0 amide bonds. The molecule has 20 heavy (non-hydrogen) atoms. The van der Waals surface area contributed by atoms with Crippen LogP contribution in [0.2, 0.25) is 0 Å².